The summed E-state index contributed by atoms with van der Waals surface area (Å²) in [5, 5.41) is 5.89. The van der Waals surface area contributed by atoms with Crippen LogP contribution in [0.3, 0.4) is 0 Å². The first kappa shape index (κ1) is 20.1. The summed E-state index contributed by atoms with van der Waals surface area (Å²) in [6.45, 7) is 1.76. The van der Waals surface area contributed by atoms with E-state index in [1.165, 1.54) is 0 Å². The first-order chi connectivity index (χ1) is 14.7. The van der Waals surface area contributed by atoms with Crippen LogP contribution in [-0.2, 0) is 33.8 Å². The molecule has 2 heterocycles. The third kappa shape index (κ3) is 4.86. The maximum Gasteiger partial charge on any atom is 0.249 e. The molecule has 1 atom stereocenters. The van der Waals surface area contributed by atoms with Crippen LogP contribution in [0.5, 0.6) is 0 Å². The first-order valence-electron chi connectivity index (χ1n) is 10.3. The van der Waals surface area contributed by atoms with Crippen molar-refractivity contribution >= 4 is 22.8 Å². The summed E-state index contributed by atoms with van der Waals surface area (Å²) >= 11 is 0. The molecular formula is C23H26N4O3. The zero-order valence-electron chi connectivity index (χ0n) is 16.8. The Bertz CT molecular complexity index is 1010. The van der Waals surface area contributed by atoms with Gasteiger partial charge in [-0.1, -0.05) is 42.5 Å². The molecule has 7 nitrogen and oxygen atoms in total. The van der Waals surface area contributed by atoms with Gasteiger partial charge < -0.3 is 19.9 Å². The van der Waals surface area contributed by atoms with Gasteiger partial charge in [0.1, 0.15) is 18.5 Å². The highest BCUT2D eigenvalue weighted by molar-refractivity contribution is 5.82. The number of aromatic nitrogens is 2. The number of imidazole rings is 1. The highest BCUT2D eigenvalue weighted by Gasteiger charge is 2.23. The number of benzene rings is 2. The number of hydrogen-bond acceptors (Lipinski definition) is 4. The minimum atomic E-state index is -0.340. The minimum Gasteiger partial charge on any atom is -0.368 e. The number of nitrogens with one attached hydrogen (secondary N) is 2. The Morgan fingerprint density at radius 1 is 1.07 bits per heavy atom. The van der Waals surface area contributed by atoms with Gasteiger partial charge in [-0.15, -0.1) is 0 Å². The number of amides is 2. The van der Waals surface area contributed by atoms with Crippen LogP contribution in [0.25, 0.3) is 11.0 Å². The van der Waals surface area contributed by atoms with Gasteiger partial charge in [0.25, 0.3) is 0 Å². The lowest BCUT2D eigenvalue weighted by Gasteiger charge is -2.12. The lowest BCUT2D eigenvalue weighted by Crippen LogP contribution is -2.35. The van der Waals surface area contributed by atoms with Crippen molar-refractivity contribution in [1.29, 1.82) is 0 Å². The molecule has 1 saturated heterocycles. The van der Waals surface area contributed by atoms with Crippen molar-refractivity contribution in [3.05, 3.63) is 66.0 Å². The predicted molar refractivity (Wildman–Crippen MR) is 114 cm³/mol. The number of carbonyl (C=O) groups excluding carboxylic acids is 2. The molecule has 156 valence electrons. The SMILES string of the molecule is O=C(Cn1c(CCNC(=O)C2CCCO2)nc2ccccc21)NCc1ccccc1. The van der Waals surface area contributed by atoms with E-state index in [1.54, 1.807) is 0 Å². The summed E-state index contributed by atoms with van der Waals surface area (Å²) in [6.07, 6.45) is 1.89. The van der Waals surface area contributed by atoms with E-state index in [1.807, 2.05) is 59.2 Å². The molecule has 1 unspecified atom stereocenters. The number of para-hydroxylation sites is 2. The Hall–Kier alpha value is -3.19. The molecule has 0 spiro atoms. The molecule has 1 aliphatic rings. The maximum absolute atomic E-state index is 12.6. The average Bonchev–Trinajstić information content (AvgIpc) is 3.42. The Labute approximate surface area is 175 Å². The van der Waals surface area contributed by atoms with Gasteiger partial charge in [0, 0.05) is 26.1 Å². The number of fused-ring (bicyclic) bond motifs is 1. The molecular weight excluding hydrogens is 380 g/mol. The highest BCUT2D eigenvalue weighted by atomic mass is 16.5. The monoisotopic (exact) mass is 406 g/mol. The summed E-state index contributed by atoms with van der Waals surface area (Å²) < 4.78 is 7.34. The second-order valence-electron chi connectivity index (χ2n) is 7.41. The number of rotatable bonds is 8. The van der Waals surface area contributed by atoms with E-state index >= 15 is 0 Å². The summed E-state index contributed by atoms with van der Waals surface area (Å²) in [6, 6.07) is 17.6. The largest absolute Gasteiger partial charge is 0.368 e. The molecule has 2 aromatic carbocycles. The highest BCUT2D eigenvalue weighted by Crippen LogP contribution is 2.17. The quantitative estimate of drug-likeness (QED) is 0.601. The molecule has 3 aromatic rings. The van der Waals surface area contributed by atoms with Crippen molar-refractivity contribution in [2.75, 3.05) is 13.2 Å². The topological polar surface area (TPSA) is 85.2 Å². The van der Waals surface area contributed by atoms with Gasteiger partial charge in [0.15, 0.2) is 0 Å². The Morgan fingerprint density at radius 2 is 1.87 bits per heavy atom. The molecule has 0 bridgehead atoms. The Kier molecular flexibility index (Phi) is 6.39. The van der Waals surface area contributed by atoms with E-state index in [0.29, 0.717) is 26.1 Å². The minimum absolute atomic E-state index is 0.0734. The fraction of sp³-hybridized carbons (Fsp3) is 0.348. The molecule has 2 N–H and O–H groups in total. The van der Waals surface area contributed by atoms with Gasteiger partial charge in [-0.3, -0.25) is 9.59 Å². The van der Waals surface area contributed by atoms with Crippen LogP contribution in [0.1, 0.15) is 24.2 Å². The standard InChI is InChI=1S/C23H26N4O3/c28-22(25-15-17-7-2-1-3-8-17)16-27-19-10-5-4-9-18(19)26-21(27)12-13-24-23(29)20-11-6-14-30-20/h1-5,7-10,20H,6,11-16H2,(H,24,29)(H,25,28). The van der Waals surface area contributed by atoms with Crippen molar-refractivity contribution in [1.82, 2.24) is 20.2 Å². The van der Waals surface area contributed by atoms with E-state index < -0.39 is 0 Å². The Morgan fingerprint density at radius 3 is 2.67 bits per heavy atom. The van der Waals surface area contributed by atoms with Crippen molar-refractivity contribution < 1.29 is 14.3 Å². The zero-order valence-corrected chi connectivity index (χ0v) is 16.8. The number of nitrogens with zero attached hydrogens (tertiary/aromatic N) is 2. The summed E-state index contributed by atoms with van der Waals surface area (Å²) in [5.41, 5.74) is 2.81. The van der Waals surface area contributed by atoms with Crippen molar-refractivity contribution in [3.8, 4) is 0 Å². The second kappa shape index (κ2) is 9.54. The maximum atomic E-state index is 12.6. The smallest absolute Gasteiger partial charge is 0.249 e. The molecule has 0 radical (unpaired) electrons. The Balaban J connectivity index is 1.40. The predicted octanol–water partition coefficient (Wildman–Crippen LogP) is 2.19. The molecule has 2 amide bonds. The number of hydrogen-bond donors (Lipinski definition) is 2. The fourth-order valence-corrected chi connectivity index (χ4v) is 3.68. The van der Waals surface area contributed by atoms with Crippen LogP contribution >= 0.6 is 0 Å². The normalized spacial score (nSPS) is 15.9. The van der Waals surface area contributed by atoms with Gasteiger partial charge in [-0.2, -0.15) is 0 Å². The van der Waals surface area contributed by atoms with E-state index in [2.05, 4.69) is 15.6 Å². The lowest BCUT2D eigenvalue weighted by atomic mass is 10.2. The summed E-state index contributed by atoms with van der Waals surface area (Å²) in [5.74, 6) is 0.626. The summed E-state index contributed by atoms with van der Waals surface area (Å²) in [7, 11) is 0. The van der Waals surface area contributed by atoms with E-state index in [-0.39, 0.29) is 24.5 Å². The third-order valence-electron chi connectivity index (χ3n) is 5.24. The molecule has 30 heavy (non-hydrogen) atoms. The van der Waals surface area contributed by atoms with Crippen LogP contribution in [0, 0.1) is 0 Å². The molecule has 1 aromatic heterocycles. The summed E-state index contributed by atoms with van der Waals surface area (Å²) in [4.78, 5) is 29.4. The second-order valence-corrected chi connectivity index (χ2v) is 7.41. The van der Waals surface area contributed by atoms with Crippen LogP contribution < -0.4 is 10.6 Å². The lowest BCUT2D eigenvalue weighted by molar-refractivity contribution is -0.130. The van der Waals surface area contributed by atoms with Gasteiger partial charge in [0.05, 0.1) is 11.0 Å². The molecule has 4 rings (SSSR count). The third-order valence-corrected chi connectivity index (χ3v) is 5.24. The van der Waals surface area contributed by atoms with Crippen molar-refractivity contribution in [3.63, 3.8) is 0 Å². The van der Waals surface area contributed by atoms with Crippen molar-refractivity contribution in [2.45, 2.75) is 38.5 Å². The van der Waals surface area contributed by atoms with Gasteiger partial charge in [-0.05, 0) is 30.5 Å². The first-order valence-corrected chi connectivity index (χ1v) is 10.3. The fourth-order valence-electron chi connectivity index (χ4n) is 3.68. The van der Waals surface area contributed by atoms with Crippen LogP contribution in [0.15, 0.2) is 54.6 Å². The number of carbonyl (C=O) groups is 2. The average molecular weight is 406 g/mol. The molecule has 7 heteroatoms. The number of ether oxygens (including phenoxy) is 1. The van der Waals surface area contributed by atoms with Crippen LogP contribution in [0.2, 0.25) is 0 Å². The molecule has 0 aliphatic carbocycles. The molecule has 1 aliphatic heterocycles. The van der Waals surface area contributed by atoms with Crippen molar-refractivity contribution in [2.24, 2.45) is 0 Å². The molecule has 0 saturated carbocycles. The zero-order chi connectivity index (χ0) is 20.8. The van der Waals surface area contributed by atoms with Crippen LogP contribution in [-0.4, -0.2) is 40.6 Å². The molecule has 1 fully saturated rings. The van der Waals surface area contributed by atoms with E-state index in [4.69, 9.17) is 4.74 Å². The van der Waals surface area contributed by atoms with Gasteiger partial charge >= 0.3 is 0 Å². The van der Waals surface area contributed by atoms with Crippen LogP contribution in [0.4, 0.5) is 0 Å². The van der Waals surface area contributed by atoms with Gasteiger partial charge in [0.2, 0.25) is 11.8 Å². The van der Waals surface area contributed by atoms with E-state index in [0.717, 1.165) is 35.3 Å². The van der Waals surface area contributed by atoms with Gasteiger partial charge in [-0.25, -0.2) is 4.98 Å². The van der Waals surface area contributed by atoms with E-state index in [9.17, 15) is 9.59 Å².